The standard InChI is InChI=1S/C25H35N3O3/c1-19-9-10-22(24(14-19)31-18-21-11-13-30-17-21)16-28-25(26-2)27-12-5-7-20-6-4-8-23(15-20)29-3/h4,6,8-10,14-15,21H,5,7,11-13,16-18H2,1-3H3,(H2,26,27,28). The van der Waals surface area contributed by atoms with Gasteiger partial charge in [0.2, 0.25) is 0 Å². The third kappa shape index (κ3) is 7.47. The Hall–Kier alpha value is -2.73. The molecule has 1 heterocycles. The Morgan fingerprint density at radius 1 is 1.19 bits per heavy atom. The summed E-state index contributed by atoms with van der Waals surface area (Å²) >= 11 is 0. The van der Waals surface area contributed by atoms with Gasteiger partial charge in [-0.2, -0.15) is 0 Å². The minimum absolute atomic E-state index is 0.486. The van der Waals surface area contributed by atoms with Gasteiger partial charge in [0.05, 0.1) is 20.3 Å². The maximum absolute atomic E-state index is 6.14. The zero-order valence-corrected chi connectivity index (χ0v) is 18.9. The number of hydrogen-bond acceptors (Lipinski definition) is 4. The fourth-order valence-corrected chi connectivity index (χ4v) is 3.59. The first kappa shape index (κ1) is 22.9. The van der Waals surface area contributed by atoms with E-state index in [0.717, 1.165) is 62.0 Å². The summed E-state index contributed by atoms with van der Waals surface area (Å²) in [6, 6.07) is 14.6. The van der Waals surface area contributed by atoms with Crippen LogP contribution < -0.4 is 20.1 Å². The molecule has 0 bridgehead atoms. The number of rotatable bonds is 10. The van der Waals surface area contributed by atoms with Gasteiger partial charge in [-0.1, -0.05) is 24.3 Å². The summed E-state index contributed by atoms with van der Waals surface area (Å²) < 4.78 is 16.9. The number of methoxy groups -OCH3 is 1. The van der Waals surface area contributed by atoms with E-state index in [2.05, 4.69) is 52.9 Å². The van der Waals surface area contributed by atoms with Crippen LogP contribution in [0.15, 0.2) is 47.5 Å². The monoisotopic (exact) mass is 425 g/mol. The van der Waals surface area contributed by atoms with E-state index in [0.29, 0.717) is 19.1 Å². The van der Waals surface area contributed by atoms with E-state index in [1.54, 1.807) is 14.2 Å². The van der Waals surface area contributed by atoms with E-state index in [9.17, 15) is 0 Å². The molecule has 3 rings (SSSR count). The van der Waals surface area contributed by atoms with Crippen LogP contribution in [0.3, 0.4) is 0 Å². The van der Waals surface area contributed by atoms with Crippen molar-refractivity contribution in [3.8, 4) is 11.5 Å². The van der Waals surface area contributed by atoms with Gasteiger partial charge in [-0.3, -0.25) is 4.99 Å². The molecule has 31 heavy (non-hydrogen) atoms. The Morgan fingerprint density at radius 3 is 2.87 bits per heavy atom. The lowest BCUT2D eigenvalue weighted by Crippen LogP contribution is -2.37. The van der Waals surface area contributed by atoms with Crippen LogP contribution in [-0.2, 0) is 17.7 Å². The second-order valence-electron chi connectivity index (χ2n) is 7.96. The van der Waals surface area contributed by atoms with E-state index in [-0.39, 0.29) is 0 Å². The maximum atomic E-state index is 6.14. The lowest BCUT2D eigenvalue weighted by Gasteiger charge is -2.17. The number of ether oxygens (including phenoxy) is 3. The normalized spacial score (nSPS) is 16.2. The van der Waals surface area contributed by atoms with Crippen LogP contribution in [0.2, 0.25) is 0 Å². The van der Waals surface area contributed by atoms with Crippen LogP contribution in [0.4, 0.5) is 0 Å². The zero-order valence-electron chi connectivity index (χ0n) is 18.9. The smallest absolute Gasteiger partial charge is 0.191 e. The van der Waals surface area contributed by atoms with Crippen LogP contribution in [0.25, 0.3) is 0 Å². The molecule has 1 unspecified atom stereocenters. The minimum atomic E-state index is 0.486. The highest BCUT2D eigenvalue weighted by Crippen LogP contribution is 2.22. The molecule has 2 aromatic carbocycles. The van der Waals surface area contributed by atoms with Crippen molar-refractivity contribution in [2.75, 3.05) is 40.5 Å². The lowest BCUT2D eigenvalue weighted by molar-refractivity contribution is 0.166. The molecule has 1 aliphatic rings. The van der Waals surface area contributed by atoms with Crippen molar-refractivity contribution in [1.82, 2.24) is 10.6 Å². The molecule has 1 atom stereocenters. The van der Waals surface area contributed by atoms with Gasteiger partial charge in [-0.25, -0.2) is 0 Å². The first-order valence-electron chi connectivity index (χ1n) is 11.1. The third-order valence-electron chi connectivity index (χ3n) is 5.46. The van der Waals surface area contributed by atoms with Crippen LogP contribution in [0.1, 0.15) is 29.5 Å². The Balaban J connectivity index is 1.45. The average molecular weight is 426 g/mol. The summed E-state index contributed by atoms with van der Waals surface area (Å²) in [5.41, 5.74) is 3.60. The van der Waals surface area contributed by atoms with E-state index >= 15 is 0 Å². The third-order valence-corrected chi connectivity index (χ3v) is 5.46. The van der Waals surface area contributed by atoms with Crippen molar-refractivity contribution in [2.45, 2.75) is 32.7 Å². The first-order valence-corrected chi connectivity index (χ1v) is 11.1. The molecule has 6 nitrogen and oxygen atoms in total. The SMILES string of the molecule is CN=C(NCCCc1cccc(OC)c1)NCc1ccc(C)cc1OCC1CCOC1. The Morgan fingerprint density at radius 2 is 2.10 bits per heavy atom. The minimum Gasteiger partial charge on any atom is -0.497 e. The Kier molecular flexibility index (Phi) is 9.03. The summed E-state index contributed by atoms with van der Waals surface area (Å²) in [4.78, 5) is 4.35. The molecular weight excluding hydrogens is 390 g/mol. The second-order valence-corrected chi connectivity index (χ2v) is 7.96. The van der Waals surface area contributed by atoms with Crippen LogP contribution in [0.5, 0.6) is 11.5 Å². The number of aryl methyl sites for hydroxylation is 2. The fraction of sp³-hybridized carbons (Fsp3) is 0.480. The van der Waals surface area contributed by atoms with Gasteiger partial charge in [-0.15, -0.1) is 0 Å². The van der Waals surface area contributed by atoms with Crippen molar-refractivity contribution in [2.24, 2.45) is 10.9 Å². The molecule has 1 aliphatic heterocycles. The number of guanidine groups is 1. The molecule has 1 saturated heterocycles. The molecule has 2 aromatic rings. The van der Waals surface area contributed by atoms with E-state index in [1.807, 2.05) is 12.1 Å². The molecule has 1 fully saturated rings. The maximum Gasteiger partial charge on any atom is 0.191 e. The summed E-state index contributed by atoms with van der Waals surface area (Å²) in [5.74, 6) is 3.12. The van der Waals surface area contributed by atoms with E-state index < -0.39 is 0 Å². The molecule has 0 amide bonds. The Labute approximate surface area is 186 Å². The molecular formula is C25H35N3O3. The quantitative estimate of drug-likeness (QED) is 0.345. The van der Waals surface area contributed by atoms with Gasteiger partial charge >= 0.3 is 0 Å². The van der Waals surface area contributed by atoms with Crippen LogP contribution >= 0.6 is 0 Å². The number of hydrogen-bond donors (Lipinski definition) is 2. The zero-order chi connectivity index (χ0) is 21.9. The molecule has 2 N–H and O–H groups in total. The molecule has 6 heteroatoms. The van der Waals surface area contributed by atoms with Crippen molar-refractivity contribution in [1.29, 1.82) is 0 Å². The molecule has 0 saturated carbocycles. The number of nitrogens with zero attached hydrogens (tertiary/aromatic N) is 1. The van der Waals surface area contributed by atoms with Crippen LogP contribution in [-0.4, -0.2) is 46.5 Å². The number of aliphatic imine (C=N–C) groups is 1. The highest BCUT2D eigenvalue weighted by molar-refractivity contribution is 5.79. The summed E-state index contributed by atoms with van der Waals surface area (Å²) in [6.45, 7) is 5.93. The molecule has 0 spiro atoms. The predicted molar refractivity (Wildman–Crippen MR) is 125 cm³/mol. The topological polar surface area (TPSA) is 64.1 Å². The predicted octanol–water partition coefficient (Wildman–Crippen LogP) is 3.72. The van der Waals surface area contributed by atoms with E-state index in [1.165, 1.54) is 11.1 Å². The summed E-state index contributed by atoms with van der Waals surface area (Å²) in [6.07, 6.45) is 3.07. The number of nitrogens with one attached hydrogen (secondary N) is 2. The molecule has 0 radical (unpaired) electrons. The highest BCUT2D eigenvalue weighted by atomic mass is 16.5. The summed E-state index contributed by atoms with van der Waals surface area (Å²) in [7, 11) is 3.49. The lowest BCUT2D eigenvalue weighted by atomic mass is 10.1. The van der Waals surface area contributed by atoms with Gasteiger partial charge in [0.15, 0.2) is 5.96 Å². The highest BCUT2D eigenvalue weighted by Gasteiger charge is 2.17. The van der Waals surface area contributed by atoms with Gasteiger partial charge in [0.1, 0.15) is 11.5 Å². The van der Waals surface area contributed by atoms with Crippen molar-refractivity contribution < 1.29 is 14.2 Å². The van der Waals surface area contributed by atoms with Gasteiger partial charge in [-0.05, 0) is 55.5 Å². The summed E-state index contributed by atoms with van der Waals surface area (Å²) in [5, 5.41) is 6.80. The van der Waals surface area contributed by atoms with Gasteiger partial charge < -0.3 is 24.8 Å². The molecule has 0 aliphatic carbocycles. The largest absolute Gasteiger partial charge is 0.497 e. The van der Waals surface area contributed by atoms with Crippen molar-refractivity contribution >= 4 is 5.96 Å². The van der Waals surface area contributed by atoms with Gasteiger partial charge in [0, 0.05) is 38.2 Å². The Bertz CT molecular complexity index is 848. The van der Waals surface area contributed by atoms with Crippen LogP contribution in [0, 0.1) is 12.8 Å². The fourth-order valence-electron chi connectivity index (χ4n) is 3.59. The first-order chi connectivity index (χ1) is 15.2. The average Bonchev–Trinajstić information content (AvgIpc) is 3.32. The molecule has 0 aromatic heterocycles. The molecule has 168 valence electrons. The van der Waals surface area contributed by atoms with E-state index in [4.69, 9.17) is 14.2 Å². The van der Waals surface area contributed by atoms with Gasteiger partial charge in [0.25, 0.3) is 0 Å². The van der Waals surface area contributed by atoms with Crippen molar-refractivity contribution in [3.63, 3.8) is 0 Å². The number of benzene rings is 2. The van der Waals surface area contributed by atoms with Crippen molar-refractivity contribution in [3.05, 3.63) is 59.2 Å². The second kappa shape index (κ2) is 12.2.